The molecule has 1 amide bonds. The zero-order chi connectivity index (χ0) is 15.7. The number of rotatable bonds is 3. The van der Waals surface area contributed by atoms with E-state index >= 15 is 0 Å². The van der Waals surface area contributed by atoms with Crippen LogP contribution in [0.4, 0.5) is 0 Å². The number of carbonyl (C=O) groups is 1. The second-order valence-electron chi connectivity index (χ2n) is 5.82. The van der Waals surface area contributed by atoms with Gasteiger partial charge in [0, 0.05) is 25.7 Å². The predicted octanol–water partition coefficient (Wildman–Crippen LogP) is 1.19. The smallest absolute Gasteiger partial charge is 0.329 e. The van der Waals surface area contributed by atoms with Gasteiger partial charge in [-0.2, -0.15) is 0 Å². The van der Waals surface area contributed by atoms with Crippen molar-refractivity contribution >= 4 is 29.3 Å². The Morgan fingerprint density at radius 3 is 2.30 bits per heavy atom. The summed E-state index contributed by atoms with van der Waals surface area (Å²) in [5, 5.41) is 0. The fourth-order valence-electron chi connectivity index (χ4n) is 3.11. The van der Waals surface area contributed by atoms with Gasteiger partial charge in [0.05, 0.1) is 11.0 Å². The zero-order valence-electron chi connectivity index (χ0n) is 13.3. The molecule has 2 aromatic rings. The minimum Gasteiger partial charge on any atom is -0.341 e. The molecule has 1 aromatic heterocycles. The lowest BCUT2D eigenvalue weighted by Crippen LogP contribution is -2.44. The highest BCUT2D eigenvalue weighted by atomic mass is 35.5. The molecule has 0 unspecified atom stereocenters. The third-order valence-corrected chi connectivity index (χ3v) is 4.43. The number of benzene rings is 1. The van der Waals surface area contributed by atoms with Crippen molar-refractivity contribution in [1.82, 2.24) is 14.0 Å². The van der Waals surface area contributed by atoms with E-state index in [-0.39, 0.29) is 36.6 Å². The number of para-hydroxylation sites is 2. The summed E-state index contributed by atoms with van der Waals surface area (Å²) in [5.41, 5.74) is 7.45. The quantitative estimate of drug-likeness (QED) is 0.913. The molecule has 0 spiro atoms. The lowest BCUT2D eigenvalue weighted by molar-refractivity contribution is -0.132. The van der Waals surface area contributed by atoms with Crippen LogP contribution in [0.2, 0.25) is 0 Å². The van der Waals surface area contributed by atoms with Crippen LogP contribution in [0, 0.1) is 0 Å². The first-order chi connectivity index (χ1) is 10.6. The lowest BCUT2D eigenvalue weighted by Gasteiger charge is -2.30. The highest BCUT2D eigenvalue weighted by Gasteiger charge is 2.22. The van der Waals surface area contributed by atoms with E-state index in [0.717, 1.165) is 23.9 Å². The van der Waals surface area contributed by atoms with Gasteiger partial charge in [-0.05, 0) is 31.9 Å². The fourth-order valence-corrected chi connectivity index (χ4v) is 3.11. The van der Waals surface area contributed by atoms with E-state index in [2.05, 4.69) is 0 Å². The molecule has 0 saturated carbocycles. The maximum Gasteiger partial charge on any atom is 0.329 e. The molecule has 1 aliphatic heterocycles. The van der Waals surface area contributed by atoms with E-state index < -0.39 is 0 Å². The Balaban J connectivity index is 0.00000192. The molecule has 6 nitrogen and oxygen atoms in total. The third kappa shape index (κ3) is 3.28. The van der Waals surface area contributed by atoms with E-state index in [9.17, 15) is 9.59 Å². The summed E-state index contributed by atoms with van der Waals surface area (Å²) in [5.74, 6) is -0.00648. The number of aromatic nitrogens is 2. The predicted molar refractivity (Wildman–Crippen MR) is 92.9 cm³/mol. The number of halogens is 1. The van der Waals surface area contributed by atoms with E-state index in [1.54, 1.807) is 9.13 Å². The summed E-state index contributed by atoms with van der Waals surface area (Å²) in [6.45, 7) is 4.00. The fraction of sp³-hybridized carbons (Fsp3) is 0.500. The summed E-state index contributed by atoms with van der Waals surface area (Å²) in [7, 11) is 0. The van der Waals surface area contributed by atoms with E-state index in [0.29, 0.717) is 19.6 Å². The van der Waals surface area contributed by atoms with E-state index in [1.165, 1.54) is 0 Å². The van der Waals surface area contributed by atoms with Crippen LogP contribution in [0.25, 0.3) is 11.0 Å². The van der Waals surface area contributed by atoms with Crippen molar-refractivity contribution in [2.24, 2.45) is 5.73 Å². The molecule has 0 radical (unpaired) electrons. The molecule has 0 aliphatic carbocycles. The SMILES string of the molecule is CCn1c(=O)n(CC(=O)N2CCC(N)CC2)c2ccccc21.Cl. The minimum absolute atomic E-state index is 0. The normalized spacial score (nSPS) is 15.7. The van der Waals surface area contributed by atoms with Gasteiger partial charge in [0.15, 0.2) is 0 Å². The average molecular weight is 339 g/mol. The summed E-state index contributed by atoms with van der Waals surface area (Å²) < 4.78 is 3.28. The van der Waals surface area contributed by atoms with E-state index in [4.69, 9.17) is 5.73 Å². The molecular weight excluding hydrogens is 316 g/mol. The molecular formula is C16H23ClN4O2. The molecule has 0 bridgehead atoms. The number of nitrogens with two attached hydrogens (primary N) is 1. The molecule has 1 saturated heterocycles. The monoisotopic (exact) mass is 338 g/mol. The summed E-state index contributed by atoms with van der Waals surface area (Å²) >= 11 is 0. The Morgan fingerprint density at radius 1 is 1.17 bits per heavy atom. The number of carbonyl (C=O) groups excluding carboxylic acids is 1. The third-order valence-electron chi connectivity index (χ3n) is 4.43. The van der Waals surface area contributed by atoms with Gasteiger partial charge in [0.25, 0.3) is 0 Å². The Bertz CT molecular complexity index is 744. The molecule has 126 valence electrons. The molecule has 23 heavy (non-hydrogen) atoms. The van der Waals surface area contributed by atoms with Crippen LogP contribution in [0.3, 0.4) is 0 Å². The Morgan fingerprint density at radius 2 is 1.74 bits per heavy atom. The van der Waals surface area contributed by atoms with Crippen LogP contribution >= 0.6 is 12.4 Å². The number of fused-ring (bicyclic) bond motifs is 1. The number of imidazole rings is 1. The van der Waals surface area contributed by atoms with Crippen LogP contribution < -0.4 is 11.4 Å². The van der Waals surface area contributed by atoms with Gasteiger partial charge in [0.2, 0.25) is 5.91 Å². The van der Waals surface area contributed by atoms with Crippen molar-refractivity contribution < 1.29 is 4.79 Å². The van der Waals surface area contributed by atoms with Crippen molar-refractivity contribution in [2.75, 3.05) is 13.1 Å². The van der Waals surface area contributed by atoms with Crippen molar-refractivity contribution in [3.05, 3.63) is 34.7 Å². The molecule has 2 N–H and O–H groups in total. The van der Waals surface area contributed by atoms with Gasteiger partial charge in [-0.3, -0.25) is 13.9 Å². The van der Waals surface area contributed by atoms with Crippen LogP contribution in [0.5, 0.6) is 0 Å². The molecule has 1 aromatic carbocycles. The summed E-state index contributed by atoms with van der Waals surface area (Å²) in [6, 6.07) is 7.80. The van der Waals surface area contributed by atoms with Crippen molar-refractivity contribution in [1.29, 1.82) is 0 Å². The first-order valence-corrected chi connectivity index (χ1v) is 7.83. The Labute approximate surface area is 141 Å². The second kappa shape index (κ2) is 7.19. The van der Waals surface area contributed by atoms with Crippen LogP contribution in [0.1, 0.15) is 19.8 Å². The number of nitrogens with zero attached hydrogens (tertiary/aromatic N) is 3. The van der Waals surface area contributed by atoms with Crippen molar-refractivity contribution in [3.63, 3.8) is 0 Å². The number of hydrogen-bond donors (Lipinski definition) is 1. The number of piperidine rings is 1. The van der Waals surface area contributed by atoms with E-state index in [1.807, 2.05) is 36.1 Å². The highest BCUT2D eigenvalue weighted by Crippen LogP contribution is 2.14. The number of hydrogen-bond acceptors (Lipinski definition) is 3. The summed E-state index contributed by atoms with van der Waals surface area (Å²) in [4.78, 5) is 26.8. The van der Waals surface area contributed by atoms with Crippen LogP contribution in [-0.2, 0) is 17.9 Å². The van der Waals surface area contributed by atoms with Crippen LogP contribution in [-0.4, -0.2) is 39.1 Å². The minimum atomic E-state index is -0.120. The molecule has 7 heteroatoms. The topological polar surface area (TPSA) is 73.3 Å². The van der Waals surface area contributed by atoms with Crippen molar-refractivity contribution in [2.45, 2.75) is 38.9 Å². The van der Waals surface area contributed by atoms with Gasteiger partial charge in [-0.25, -0.2) is 4.79 Å². The zero-order valence-corrected chi connectivity index (χ0v) is 14.1. The Kier molecular flexibility index (Phi) is 5.49. The second-order valence-corrected chi connectivity index (χ2v) is 5.82. The maximum atomic E-state index is 12.5. The average Bonchev–Trinajstić information content (AvgIpc) is 2.80. The molecule has 1 fully saturated rings. The number of likely N-dealkylation sites (tertiary alicyclic amines) is 1. The number of aryl methyl sites for hydroxylation is 1. The van der Waals surface area contributed by atoms with Gasteiger partial charge in [0.1, 0.15) is 6.54 Å². The first-order valence-electron chi connectivity index (χ1n) is 7.83. The van der Waals surface area contributed by atoms with Crippen LogP contribution in [0.15, 0.2) is 29.1 Å². The molecule has 1 aliphatic rings. The largest absolute Gasteiger partial charge is 0.341 e. The maximum absolute atomic E-state index is 12.5. The molecule has 0 atom stereocenters. The molecule has 2 heterocycles. The lowest BCUT2D eigenvalue weighted by atomic mass is 10.1. The van der Waals surface area contributed by atoms with Gasteiger partial charge in [-0.1, -0.05) is 12.1 Å². The standard InChI is InChI=1S/C16H22N4O2.ClH/c1-2-19-13-5-3-4-6-14(13)20(16(19)22)11-15(21)18-9-7-12(17)8-10-18;/h3-6,12H,2,7-11,17H2,1H3;1H. The van der Waals surface area contributed by atoms with Crippen molar-refractivity contribution in [3.8, 4) is 0 Å². The molecule has 3 rings (SSSR count). The summed E-state index contributed by atoms with van der Waals surface area (Å²) in [6.07, 6.45) is 1.66. The highest BCUT2D eigenvalue weighted by molar-refractivity contribution is 5.85. The van der Waals surface area contributed by atoms with Gasteiger partial charge in [-0.15, -0.1) is 12.4 Å². The Hall–Kier alpha value is -1.79. The van der Waals surface area contributed by atoms with Gasteiger partial charge < -0.3 is 10.6 Å². The number of amides is 1. The first kappa shape index (κ1) is 17.6. The van der Waals surface area contributed by atoms with Gasteiger partial charge >= 0.3 is 5.69 Å².